The van der Waals surface area contributed by atoms with Gasteiger partial charge in [0.25, 0.3) is 0 Å². The Labute approximate surface area is 144 Å². The molecule has 0 saturated carbocycles. The van der Waals surface area contributed by atoms with Crippen LogP contribution >= 0.6 is 0 Å². The van der Waals surface area contributed by atoms with Crippen LogP contribution in [0, 0.1) is 11.0 Å². The van der Waals surface area contributed by atoms with E-state index in [0.717, 1.165) is 6.92 Å². The number of amides is 2. The standard InChI is InChI=1S/C16H19FN3O5/c1-11(21)20(23)10-13-9-19(16(22)25-13)12-2-3-15(14(17)8-12)18-4-6-24-7-5-18/h2-3,8,13H,4-7,9-10H2,1H3/q-1. The first kappa shape index (κ1) is 17.4. The summed E-state index contributed by atoms with van der Waals surface area (Å²) in [6.07, 6.45) is -1.41. The minimum Gasteiger partial charge on any atom is -0.756 e. The normalized spacial score (nSPS) is 20.6. The molecule has 2 heterocycles. The van der Waals surface area contributed by atoms with Crippen LogP contribution in [0.15, 0.2) is 18.2 Å². The number of carbonyl (C=O) groups is 2. The number of hydroxylamine groups is 2. The molecule has 0 spiro atoms. The number of rotatable bonds is 4. The summed E-state index contributed by atoms with van der Waals surface area (Å²) >= 11 is 0. The zero-order valence-corrected chi connectivity index (χ0v) is 13.8. The summed E-state index contributed by atoms with van der Waals surface area (Å²) < 4.78 is 24.8. The molecule has 8 nitrogen and oxygen atoms in total. The van der Waals surface area contributed by atoms with Gasteiger partial charge in [0.1, 0.15) is 11.9 Å². The first-order valence-corrected chi connectivity index (χ1v) is 8.01. The number of carbonyl (C=O) groups excluding carboxylic acids is 2. The van der Waals surface area contributed by atoms with Crippen LogP contribution in [0.25, 0.3) is 0 Å². The van der Waals surface area contributed by atoms with Crippen molar-refractivity contribution in [1.29, 1.82) is 0 Å². The van der Waals surface area contributed by atoms with Crippen molar-refractivity contribution < 1.29 is 23.5 Å². The van der Waals surface area contributed by atoms with Gasteiger partial charge in [0.2, 0.25) is 5.91 Å². The summed E-state index contributed by atoms with van der Waals surface area (Å²) in [4.78, 5) is 26.1. The van der Waals surface area contributed by atoms with Crippen LogP contribution in [-0.2, 0) is 14.3 Å². The van der Waals surface area contributed by atoms with E-state index in [1.165, 1.54) is 11.0 Å². The van der Waals surface area contributed by atoms with Gasteiger partial charge in [-0.05, 0) is 18.2 Å². The van der Waals surface area contributed by atoms with Crippen LogP contribution in [0.4, 0.5) is 20.6 Å². The predicted molar refractivity (Wildman–Crippen MR) is 87.8 cm³/mol. The maximum absolute atomic E-state index is 14.5. The maximum atomic E-state index is 14.5. The summed E-state index contributed by atoms with van der Waals surface area (Å²) in [6, 6.07) is 4.53. The molecule has 2 aliphatic rings. The predicted octanol–water partition coefficient (Wildman–Crippen LogP) is 1.33. The second kappa shape index (κ2) is 7.24. The number of nitrogens with zero attached hydrogens (tertiary/aromatic N) is 3. The van der Waals surface area contributed by atoms with Gasteiger partial charge in [-0.1, -0.05) is 0 Å². The Hall–Kier alpha value is -2.39. The summed E-state index contributed by atoms with van der Waals surface area (Å²) in [5, 5.41) is 11.6. The average Bonchev–Trinajstić information content (AvgIpc) is 2.95. The quantitative estimate of drug-likeness (QED) is 0.760. The third-order valence-electron chi connectivity index (χ3n) is 4.19. The number of cyclic esters (lactones) is 1. The van der Waals surface area contributed by atoms with E-state index < -0.39 is 23.9 Å². The molecule has 0 aliphatic carbocycles. The lowest BCUT2D eigenvalue weighted by atomic mass is 10.2. The molecule has 1 atom stereocenters. The van der Waals surface area contributed by atoms with Crippen molar-refractivity contribution >= 4 is 23.4 Å². The van der Waals surface area contributed by atoms with Gasteiger partial charge >= 0.3 is 6.09 Å². The van der Waals surface area contributed by atoms with Gasteiger partial charge in [0.05, 0.1) is 31.1 Å². The summed E-state index contributed by atoms with van der Waals surface area (Å²) in [6.45, 7) is 3.28. The van der Waals surface area contributed by atoms with Crippen molar-refractivity contribution in [1.82, 2.24) is 5.06 Å². The van der Waals surface area contributed by atoms with Gasteiger partial charge in [0, 0.05) is 26.6 Å². The molecular formula is C16H19FN3O5-. The van der Waals surface area contributed by atoms with Crippen molar-refractivity contribution in [2.75, 3.05) is 49.2 Å². The largest absolute Gasteiger partial charge is 0.756 e. The third kappa shape index (κ3) is 3.83. The lowest BCUT2D eigenvalue weighted by Gasteiger charge is -2.29. The smallest absolute Gasteiger partial charge is 0.414 e. The molecule has 0 aromatic heterocycles. The molecular weight excluding hydrogens is 333 g/mol. The highest BCUT2D eigenvalue weighted by Crippen LogP contribution is 2.28. The first-order valence-electron chi connectivity index (χ1n) is 8.01. The Bertz CT molecular complexity index is 665. The second-order valence-electron chi connectivity index (χ2n) is 5.93. The molecule has 0 N–H and O–H groups in total. The lowest BCUT2D eigenvalue weighted by molar-refractivity contribution is -0.127. The number of hydrogen-bond acceptors (Lipinski definition) is 6. The zero-order valence-electron chi connectivity index (χ0n) is 13.8. The van der Waals surface area contributed by atoms with E-state index >= 15 is 0 Å². The van der Waals surface area contributed by atoms with Crippen molar-refractivity contribution in [3.63, 3.8) is 0 Å². The van der Waals surface area contributed by atoms with Crippen molar-refractivity contribution in [3.05, 3.63) is 29.2 Å². The highest BCUT2D eigenvalue weighted by Gasteiger charge is 2.33. The highest BCUT2D eigenvalue weighted by molar-refractivity contribution is 5.90. The van der Waals surface area contributed by atoms with Crippen LogP contribution < -0.4 is 9.80 Å². The van der Waals surface area contributed by atoms with E-state index in [9.17, 15) is 19.2 Å². The number of halogens is 1. The van der Waals surface area contributed by atoms with Gasteiger partial charge in [-0.2, -0.15) is 0 Å². The fourth-order valence-electron chi connectivity index (χ4n) is 2.87. The molecule has 1 aromatic carbocycles. The van der Waals surface area contributed by atoms with Crippen LogP contribution in [-0.4, -0.2) is 62.6 Å². The lowest BCUT2D eigenvalue weighted by Crippen LogP contribution is -2.36. The molecule has 0 bridgehead atoms. The number of anilines is 2. The van der Waals surface area contributed by atoms with Crippen LogP contribution in [0.3, 0.4) is 0 Å². The number of benzene rings is 1. The average molecular weight is 352 g/mol. The third-order valence-corrected chi connectivity index (χ3v) is 4.19. The minimum absolute atomic E-state index is 0.0845. The van der Waals surface area contributed by atoms with Crippen molar-refractivity contribution in [3.8, 4) is 0 Å². The highest BCUT2D eigenvalue weighted by atomic mass is 19.1. The van der Waals surface area contributed by atoms with E-state index in [-0.39, 0.29) is 18.2 Å². The molecule has 2 saturated heterocycles. The Balaban J connectivity index is 1.70. The zero-order chi connectivity index (χ0) is 18.0. The van der Waals surface area contributed by atoms with E-state index in [0.29, 0.717) is 37.7 Å². The van der Waals surface area contributed by atoms with Gasteiger partial charge in [-0.25, -0.2) is 9.18 Å². The Morgan fingerprint density at radius 1 is 1.40 bits per heavy atom. The van der Waals surface area contributed by atoms with Gasteiger partial charge in [-0.3, -0.25) is 9.69 Å². The van der Waals surface area contributed by atoms with Crippen molar-refractivity contribution in [2.24, 2.45) is 0 Å². The van der Waals surface area contributed by atoms with E-state index in [1.807, 2.05) is 4.90 Å². The summed E-state index contributed by atoms with van der Waals surface area (Å²) in [5.74, 6) is -1.10. The number of hydrogen-bond donors (Lipinski definition) is 0. The second-order valence-corrected chi connectivity index (χ2v) is 5.93. The van der Waals surface area contributed by atoms with E-state index in [4.69, 9.17) is 9.47 Å². The molecule has 25 heavy (non-hydrogen) atoms. The van der Waals surface area contributed by atoms with Crippen molar-refractivity contribution in [2.45, 2.75) is 13.0 Å². The molecule has 2 amide bonds. The molecule has 136 valence electrons. The molecule has 1 aromatic rings. The Morgan fingerprint density at radius 3 is 2.76 bits per heavy atom. The molecule has 3 rings (SSSR count). The van der Waals surface area contributed by atoms with Gasteiger partial charge < -0.3 is 24.6 Å². The number of ether oxygens (including phenoxy) is 2. The summed E-state index contributed by atoms with van der Waals surface area (Å²) in [7, 11) is 0. The number of morpholine rings is 1. The van der Waals surface area contributed by atoms with Gasteiger partial charge in [-0.15, -0.1) is 0 Å². The Morgan fingerprint density at radius 2 is 2.12 bits per heavy atom. The van der Waals surface area contributed by atoms with E-state index in [2.05, 4.69) is 0 Å². The van der Waals surface area contributed by atoms with Crippen LogP contribution in [0.1, 0.15) is 6.92 Å². The summed E-state index contributed by atoms with van der Waals surface area (Å²) in [5.41, 5.74) is 0.806. The first-order chi connectivity index (χ1) is 12.0. The fourth-order valence-corrected chi connectivity index (χ4v) is 2.87. The molecule has 0 radical (unpaired) electrons. The van der Waals surface area contributed by atoms with E-state index in [1.54, 1.807) is 12.1 Å². The van der Waals surface area contributed by atoms with Crippen LogP contribution in [0.2, 0.25) is 0 Å². The monoisotopic (exact) mass is 352 g/mol. The Kier molecular flexibility index (Phi) is 5.05. The molecule has 9 heteroatoms. The van der Waals surface area contributed by atoms with Gasteiger partial charge in [0.15, 0.2) is 0 Å². The molecule has 1 unspecified atom stereocenters. The topological polar surface area (TPSA) is 85.4 Å². The fraction of sp³-hybridized carbons (Fsp3) is 0.500. The van der Waals surface area contributed by atoms with Crippen LogP contribution in [0.5, 0.6) is 0 Å². The SMILES string of the molecule is CC(=O)N([O-])CC1CN(c2ccc(N3CCOCC3)c(F)c2)C(=O)O1. The minimum atomic E-state index is -0.740. The molecule has 2 aliphatic heterocycles. The maximum Gasteiger partial charge on any atom is 0.414 e. The molecule has 2 fully saturated rings.